The van der Waals surface area contributed by atoms with Crippen LogP contribution in [0.5, 0.6) is 0 Å². The Labute approximate surface area is 381 Å². The molecular formula is C48H99O13P. The van der Waals surface area contributed by atoms with Gasteiger partial charge in [-0.3, -0.25) is 13.6 Å². The summed E-state index contributed by atoms with van der Waals surface area (Å²) in [5, 5.41) is 0. The molecule has 0 heterocycles. The summed E-state index contributed by atoms with van der Waals surface area (Å²) in [5.41, 5.74) is 0. The molecule has 3 unspecified atom stereocenters. The summed E-state index contributed by atoms with van der Waals surface area (Å²) in [6.45, 7) is 23.8. The normalized spacial score (nSPS) is 14.4. The number of phosphoric ester groups is 1. The van der Waals surface area contributed by atoms with Gasteiger partial charge < -0.3 is 42.6 Å². The average molecular weight is 915 g/mol. The predicted octanol–water partition coefficient (Wildman–Crippen LogP) is 11.7. The number of rotatable bonds is 54. The van der Waals surface area contributed by atoms with Gasteiger partial charge in [0.15, 0.2) is 0 Å². The van der Waals surface area contributed by atoms with Crippen LogP contribution in [0.4, 0.5) is 0 Å². The van der Waals surface area contributed by atoms with Gasteiger partial charge in [0.1, 0.15) is 0 Å². The first-order chi connectivity index (χ1) is 30.5. The summed E-state index contributed by atoms with van der Waals surface area (Å²) in [4.78, 5) is 0. The molecule has 0 saturated heterocycles. The Balaban J connectivity index is 6.31. The zero-order valence-corrected chi connectivity index (χ0v) is 42.0. The Morgan fingerprint density at radius 3 is 0.742 bits per heavy atom. The van der Waals surface area contributed by atoms with Crippen LogP contribution in [0.15, 0.2) is 0 Å². The highest BCUT2D eigenvalue weighted by Crippen LogP contribution is 2.55. The molecule has 0 aromatic heterocycles. The molecule has 0 aromatic rings. The average Bonchev–Trinajstić information content (AvgIpc) is 3.26. The van der Waals surface area contributed by atoms with Gasteiger partial charge in [0.05, 0.1) is 58.0 Å². The molecule has 0 rings (SSSR count). The van der Waals surface area contributed by atoms with Crippen LogP contribution in [0.25, 0.3) is 0 Å². The van der Waals surface area contributed by atoms with Crippen LogP contribution in [0.1, 0.15) is 176 Å². The first-order valence-electron chi connectivity index (χ1n) is 25.3. The Morgan fingerprint density at radius 2 is 0.468 bits per heavy atom. The van der Waals surface area contributed by atoms with Crippen LogP contribution in [0.2, 0.25) is 0 Å². The largest absolute Gasteiger partial charge is 0.475 e. The van der Waals surface area contributed by atoms with Crippen molar-refractivity contribution in [2.75, 3.05) is 119 Å². The third-order valence-corrected chi connectivity index (χ3v) is 12.0. The van der Waals surface area contributed by atoms with Crippen LogP contribution in [0, 0.1) is 0 Å². The molecule has 0 aromatic carbocycles. The topological polar surface area (TPSA) is 128 Å². The first-order valence-corrected chi connectivity index (χ1v) is 26.8. The summed E-state index contributed by atoms with van der Waals surface area (Å²) in [6.07, 6.45) is 18.1. The van der Waals surface area contributed by atoms with Crippen LogP contribution in [0.3, 0.4) is 0 Å². The minimum Gasteiger partial charge on any atom is -0.382 e. The fourth-order valence-corrected chi connectivity index (χ4v) is 8.80. The molecule has 0 bridgehead atoms. The first kappa shape index (κ1) is 61.8. The summed E-state index contributed by atoms with van der Waals surface area (Å²) in [7, 11) is -4.05. The molecule has 13 nitrogen and oxygen atoms in total. The second kappa shape index (κ2) is 50.2. The monoisotopic (exact) mass is 915 g/mol. The van der Waals surface area contributed by atoms with Gasteiger partial charge in [-0.05, 0) is 119 Å². The smallest absolute Gasteiger partial charge is 0.382 e. The van der Waals surface area contributed by atoms with E-state index >= 15 is 4.57 Å². The molecule has 0 N–H and O–H groups in total. The summed E-state index contributed by atoms with van der Waals surface area (Å²) in [6, 6.07) is 0. The van der Waals surface area contributed by atoms with E-state index in [1.807, 2.05) is 41.5 Å². The van der Waals surface area contributed by atoms with E-state index in [-0.39, 0.29) is 18.3 Å². The van der Waals surface area contributed by atoms with Gasteiger partial charge in [0.2, 0.25) is 0 Å². The van der Waals surface area contributed by atoms with Gasteiger partial charge in [-0.2, -0.15) is 0 Å². The van der Waals surface area contributed by atoms with Crippen LogP contribution in [-0.2, 0) is 60.8 Å². The van der Waals surface area contributed by atoms with E-state index in [9.17, 15) is 0 Å². The fraction of sp³-hybridized carbons (Fsp3) is 1.00. The van der Waals surface area contributed by atoms with E-state index in [0.29, 0.717) is 98.5 Å². The number of phosphoric acid groups is 1. The van der Waals surface area contributed by atoms with Gasteiger partial charge in [0.25, 0.3) is 0 Å². The maximum atomic E-state index is 15.4. The highest BCUT2D eigenvalue weighted by molar-refractivity contribution is 7.48. The standard InChI is InChI=1S/C48H99O13P/c1-7-50-34-22-16-13-19-28-46(31-25-37-56-43-40-53-10-4)59-62(49,60-47(29-20-14-17-23-35-51-8-2)32-26-38-57-44-41-54-11-5)61-48(30-21-15-18-24-36-52-9-3)33-27-39-58-45-42-55-12-6/h46-48H,7-45H2,1-6H3. The van der Waals surface area contributed by atoms with E-state index in [4.69, 9.17) is 56.2 Å². The molecule has 62 heavy (non-hydrogen) atoms. The van der Waals surface area contributed by atoms with E-state index < -0.39 is 7.82 Å². The second-order valence-electron chi connectivity index (χ2n) is 15.7. The molecular weight excluding hydrogens is 815 g/mol. The Hall–Kier alpha value is -0.250. The maximum absolute atomic E-state index is 15.4. The zero-order valence-electron chi connectivity index (χ0n) is 41.1. The van der Waals surface area contributed by atoms with Crippen molar-refractivity contribution < 1.29 is 60.8 Å². The molecule has 14 heteroatoms. The van der Waals surface area contributed by atoms with Gasteiger partial charge >= 0.3 is 7.82 Å². The minimum absolute atomic E-state index is 0.301. The van der Waals surface area contributed by atoms with Crippen molar-refractivity contribution in [3.05, 3.63) is 0 Å². The quantitative estimate of drug-likeness (QED) is 0.0424. The van der Waals surface area contributed by atoms with Crippen molar-refractivity contribution in [1.29, 1.82) is 0 Å². The summed E-state index contributed by atoms with van der Waals surface area (Å²) in [5.74, 6) is 0. The Morgan fingerprint density at radius 1 is 0.258 bits per heavy atom. The summed E-state index contributed by atoms with van der Waals surface area (Å²) < 4.78 is 86.5. The highest BCUT2D eigenvalue weighted by Gasteiger charge is 2.36. The maximum Gasteiger partial charge on any atom is 0.475 e. The zero-order chi connectivity index (χ0) is 45.3. The van der Waals surface area contributed by atoms with Gasteiger partial charge in [-0.25, -0.2) is 4.57 Å². The van der Waals surface area contributed by atoms with Crippen LogP contribution in [-0.4, -0.2) is 137 Å². The Bertz CT molecular complexity index is 742. The van der Waals surface area contributed by atoms with Crippen molar-refractivity contribution in [3.63, 3.8) is 0 Å². The number of hydrogen-bond donors (Lipinski definition) is 0. The third-order valence-electron chi connectivity index (χ3n) is 10.3. The molecule has 0 aliphatic carbocycles. The van der Waals surface area contributed by atoms with E-state index in [1.165, 1.54) is 0 Å². The van der Waals surface area contributed by atoms with Gasteiger partial charge in [0, 0.05) is 79.3 Å². The van der Waals surface area contributed by atoms with Crippen LogP contribution < -0.4 is 0 Å². The molecule has 0 fully saturated rings. The second-order valence-corrected chi connectivity index (χ2v) is 17.2. The predicted molar refractivity (Wildman–Crippen MR) is 251 cm³/mol. The molecule has 0 radical (unpaired) electrons. The lowest BCUT2D eigenvalue weighted by Gasteiger charge is -2.31. The lowest BCUT2D eigenvalue weighted by molar-refractivity contribution is 0.00541. The van der Waals surface area contributed by atoms with Crippen molar-refractivity contribution in [2.45, 2.75) is 195 Å². The SMILES string of the molecule is CCOCCCCCCC(CCCOCCOCC)OP(=O)(OC(CCCCCCOCC)CCCOCCOCC)OC(CCCCCCOCC)CCCOCCOCC. The number of ether oxygens (including phenoxy) is 9. The van der Waals surface area contributed by atoms with Crippen molar-refractivity contribution >= 4 is 7.82 Å². The van der Waals surface area contributed by atoms with E-state index in [0.717, 1.165) is 155 Å². The van der Waals surface area contributed by atoms with E-state index in [2.05, 4.69) is 0 Å². The fourth-order valence-electron chi connectivity index (χ4n) is 6.93. The molecule has 0 aliphatic heterocycles. The van der Waals surface area contributed by atoms with Crippen molar-refractivity contribution in [3.8, 4) is 0 Å². The summed E-state index contributed by atoms with van der Waals surface area (Å²) >= 11 is 0. The lowest BCUT2D eigenvalue weighted by atomic mass is 10.1. The third kappa shape index (κ3) is 43.6. The highest BCUT2D eigenvalue weighted by atomic mass is 31.2. The molecule has 0 aliphatic rings. The minimum atomic E-state index is -4.05. The molecule has 374 valence electrons. The lowest BCUT2D eigenvalue weighted by Crippen LogP contribution is -2.23. The van der Waals surface area contributed by atoms with Gasteiger partial charge in [-0.1, -0.05) is 57.8 Å². The van der Waals surface area contributed by atoms with Crippen molar-refractivity contribution in [2.24, 2.45) is 0 Å². The van der Waals surface area contributed by atoms with Crippen molar-refractivity contribution in [1.82, 2.24) is 0 Å². The van der Waals surface area contributed by atoms with Crippen LogP contribution >= 0.6 is 7.82 Å². The number of unbranched alkanes of at least 4 members (excludes halogenated alkanes) is 9. The van der Waals surface area contributed by atoms with Gasteiger partial charge in [-0.15, -0.1) is 0 Å². The molecule has 3 atom stereocenters. The van der Waals surface area contributed by atoms with E-state index in [1.54, 1.807) is 0 Å². The Kier molecular flexibility index (Phi) is 50.0. The molecule has 0 amide bonds. The number of hydrogen-bond acceptors (Lipinski definition) is 13. The molecule has 0 saturated carbocycles. The molecule has 0 spiro atoms.